The number of rotatable bonds is 7. The number of aldehydes is 1. The fourth-order valence-corrected chi connectivity index (χ4v) is 3.74. The summed E-state index contributed by atoms with van der Waals surface area (Å²) in [6, 6.07) is 22.6. The Morgan fingerprint density at radius 2 is 1.76 bits per heavy atom. The van der Waals surface area contributed by atoms with Crippen LogP contribution in [0.15, 0.2) is 72.9 Å². The summed E-state index contributed by atoms with van der Waals surface area (Å²) in [6.07, 6.45) is 4.96. The molecule has 4 aromatic rings. The summed E-state index contributed by atoms with van der Waals surface area (Å²) in [5.41, 5.74) is 7.07. The molecule has 3 heteroatoms. The number of hydrogen-bond acceptors (Lipinski definition) is 2. The van der Waals surface area contributed by atoms with Gasteiger partial charge in [-0.3, -0.25) is 4.79 Å². The highest BCUT2D eigenvalue weighted by Gasteiger charge is 2.16. The van der Waals surface area contributed by atoms with E-state index in [2.05, 4.69) is 50.2 Å². The third-order valence-corrected chi connectivity index (χ3v) is 5.19. The average Bonchev–Trinajstić information content (AvgIpc) is 3.11. The number of ether oxygens (including phenoxy) is 1. The monoisotopic (exact) mass is 383 g/mol. The van der Waals surface area contributed by atoms with Crippen molar-refractivity contribution in [3.8, 4) is 16.9 Å². The second kappa shape index (κ2) is 8.36. The third kappa shape index (κ3) is 3.95. The van der Waals surface area contributed by atoms with Gasteiger partial charge in [-0.25, -0.2) is 0 Å². The van der Waals surface area contributed by atoms with Gasteiger partial charge in [-0.2, -0.15) is 0 Å². The molecule has 2 heterocycles. The van der Waals surface area contributed by atoms with E-state index in [1.54, 1.807) is 0 Å². The van der Waals surface area contributed by atoms with Gasteiger partial charge in [0.25, 0.3) is 0 Å². The molecule has 0 saturated heterocycles. The van der Waals surface area contributed by atoms with E-state index < -0.39 is 0 Å². The van der Waals surface area contributed by atoms with Crippen LogP contribution in [0.2, 0.25) is 0 Å². The van der Waals surface area contributed by atoms with E-state index >= 15 is 0 Å². The summed E-state index contributed by atoms with van der Waals surface area (Å²) < 4.78 is 8.15. The van der Waals surface area contributed by atoms with Gasteiger partial charge in [0.2, 0.25) is 0 Å². The van der Waals surface area contributed by atoms with E-state index in [1.165, 1.54) is 11.1 Å². The van der Waals surface area contributed by atoms with Crippen molar-refractivity contribution in [3.05, 3.63) is 95.3 Å². The van der Waals surface area contributed by atoms with Crippen molar-refractivity contribution >= 4 is 11.8 Å². The normalized spacial score (nSPS) is 11.0. The van der Waals surface area contributed by atoms with Crippen molar-refractivity contribution in [2.24, 2.45) is 0 Å². The van der Waals surface area contributed by atoms with Gasteiger partial charge in [-0.1, -0.05) is 49.7 Å². The lowest BCUT2D eigenvalue weighted by molar-refractivity contribution is 0.111. The van der Waals surface area contributed by atoms with Gasteiger partial charge in [0.15, 0.2) is 6.29 Å². The number of aryl methyl sites for hydroxylation is 2. The molecule has 0 aliphatic rings. The summed E-state index contributed by atoms with van der Waals surface area (Å²) in [7, 11) is 0. The Balaban J connectivity index is 1.81. The SMILES string of the molecule is CCCc1ccc(OCc2ccccc2)c(-c2cc3cc(C)ccn3c2C=O)c1. The van der Waals surface area contributed by atoms with Crippen LogP contribution in [0.1, 0.15) is 40.5 Å². The van der Waals surface area contributed by atoms with Gasteiger partial charge in [0, 0.05) is 22.8 Å². The summed E-state index contributed by atoms with van der Waals surface area (Å²) in [5.74, 6) is 0.796. The largest absolute Gasteiger partial charge is 0.488 e. The predicted molar refractivity (Wildman–Crippen MR) is 118 cm³/mol. The fraction of sp³-hybridized carbons (Fsp3) is 0.192. The van der Waals surface area contributed by atoms with Crippen LogP contribution >= 0.6 is 0 Å². The molecule has 0 amide bonds. The van der Waals surface area contributed by atoms with Crippen molar-refractivity contribution in [2.75, 3.05) is 0 Å². The molecule has 0 spiro atoms. The van der Waals surface area contributed by atoms with E-state index in [0.717, 1.165) is 47.1 Å². The Kier molecular flexibility index (Phi) is 5.48. The first-order valence-electron chi connectivity index (χ1n) is 10.1. The first-order valence-corrected chi connectivity index (χ1v) is 10.1. The molecule has 2 aromatic heterocycles. The van der Waals surface area contributed by atoms with E-state index in [0.29, 0.717) is 12.3 Å². The maximum atomic E-state index is 12.0. The zero-order chi connectivity index (χ0) is 20.2. The second-order valence-corrected chi connectivity index (χ2v) is 7.41. The molecule has 0 N–H and O–H groups in total. The summed E-state index contributed by atoms with van der Waals surface area (Å²) in [5, 5.41) is 0. The highest BCUT2D eigenvalue weighted by Crippen LogP contribution is 2.36. The predicted octanol–water partition coefficient (Wildman–Crippen LogP) is 6.26. The van der Waals surface area contributed by atoms with Gasteiger partial charge < -0.3 is 9.14 Å². The van der Waals surface area contributed by atoms with Crippen LogP contribution in [-0.2, 0) is 13.0 Å². The highest BCUT2D eigenvalue weighted by atomic mass is 16.5. The Bertz CT molecular complexity index is 1140. The van der Waals surface area contributed by atoms with E-state index in [-0.39, 0.29) is 0 Å². The molecular weight excluding hydrogens is 358 g/mol. The Morgan fingerprint density at radius 1 is 0.931 bits per heavy atom. The average molecular weight is 383 g/mol. The number of benzene rings is 2. The van der Waals surface area contributed by atoms with Crippen molar-refractivity contribution in [1.29, 1.82) is 0 Å². The van der Waals surface area contributed by atoms with Crippen LogP contribution in [0, 0.1) is 6.92 Å². The summed E-state index contributed by atoms with van der Waals surface area (Å²) >= 11 is 0. The molecule has 0 unspecified atom stereocenters. The summed E-state index contributed by atoms with van der Waals surface area (Å²) in [4.78, 5) is 12.0. The number of carbonyl (C=O) groups excluding carboxylic acids is 1. The molecule has 0 fully saturated rings. The maximum absolute atomic E-state index is 12.0. The first kappa shape index (κ1) is 19.0. The van der Waals surface area contributed by atoms with E-state index in [9.17, 15) is 4.79 Å². The first-order chi connectivity index (χ1) is 14.2. The minimum Gasteiger partial charge on any atom is -0.488 e. The van der Waals surface area contributed by atoms with Crippen LogP contribution in [0.25, 0.3) is 16.6 Å². The van der Waals surface area contributed by atoms with Gasteiger partial charge in [-0.15, -0.1) is 0 Å². The van der Waals surface area contributed by atoms with E-state index in [1.807, 2.05) is 40.9 Å². The van der Waals surface area contributed by atoms with Crippen LogP contribution in [0.3, 0.4) is 0 Å². The lowest BCUT2D eigenvalue weighted by Crippen LogP contribution is -1.99. The topological polar surface area (TPSA) is 30.7 Å². The minimum absolute atomic E-state index is 0.490. The molecule has 0 atom stereocenters. The van der Waals surface area contributed by atoms with Crippen molar-refractivity contribution in [3.63, 3.8) is 0 Å². The molecule has 0 aliphatic heterocycles. The number of carbonyl (C=O) groups is 1. The molecule has 2 aromatic carbocycles. The maximum Gasteiger partial charge on any atom is 0.167 e. The number of fused-ring (bicyclic) bond motifs is 1. The number of pyridine rings is 1. The van der Waals surface area contributed by atoms with Gasteiger partial charge >= 0.3 is 0 Å². The van der Waals surface area contributed by atoms with Crippen molar-refractivity contribution in [1.82, 2.24) is 4.40 Å². The van der Waals surface area contributed by atoms with Crippen LogP contribution in [0.4, 0.5) is 0 Å². The van der Waals surface area contributed by atoms with Gasteiger partial charge in [-0.05, 0) is 60.4 Å². The molecule has 146 valence electrons. The lowest BCUT2D eigenvalue weighted by Gasteiger charge is -2.13. The van der Waals surface area contributed by atoms with Gasteiger partial charge in [0.05, 0.1) is 5.69 Å². The third-order valence-electron chi connectivity index (χ3n) is 5.19. The fourth-order valence-electron chi connectivity index (χ4n) is 3.74. The van der Waals surface area contributed by atoms with Crippen LogP contribution < -0.4 is 4.74 Å². The second-order valence-electron chi connectivity index (χ2n) is 7.41. The molecule has 29 heavy (non-hydrogen) atoms. The van der Waals surface area contributed by atoms with Crippen molar-refractivity contribution in [2.45, 2.75) is 33.3 Å². The molecule has 0 aliphatic carbocycles. The molecule has 4 rings (SSSR count). The van der Waals surface area contributed by atoms with Crippen LogP contribution in [0.5, 0.6) is 5.75 Å². The zero-order valence-electron chi connectivity index (χ0n) is 16.9. The molecule has 0 bridgehead atoms. The highest BCUT2D eigenvalue weighted by molar-refractivity contribution is 5.91. The van der Waals surface area contributed by atoms with Crippen molar-refractivity contribution < 1.29 is 9.53 Å². The number of aromatic nitrogens is 1. The van der Waals surface area contributed by atoms with Gasteiger partial charge in [0.1, 0.15) is 12.4 Å². The smallest absolute Gasteiger partial charge is 0.167 e. The Labute approximate surface area is 171 Å². The zero-order valence-corrected chi connectivity index (χ0v) is 16.9. The molecule has 0 radical (unpaired) electrons. The molecule has 0 saturated carbocycles. The quantitative estimate of drug-likeness (QED) is 0.353. The Hall–Kier alpha value is -3.33. The lowest BCUT2D eigenvalue weighted by atomic mass is 10.00. The minimum atomic E-state index is 0.490. The number of hydrogen-bond donors (Lipinski definition) is 0. The molecule has 3 nitrogen and oxygen atoms in total. The van der Waals surface area contributed by atoms with E-state index in [4.69, 9.17) is 4.74 Å². The molecular formula is C26H25NO2. The summed E-state index contributed by atoms with van der Waals surface area (Å²) in [6.45, 7) is 4.72. The van der Waals surface area contributed by atoms with Crippen LogP contribution in [-0.4, -0.2) is 10.7 Å². The Morgan fingerprint density at radius 3 is 2.52 bits per heavy atom. The standard InChI is InChI=1S/C26H25NO2/c1-3-7-20-10-11-26(29-18-21-8-5-4-6-9-21)24(15-20)23-16-22-14-19(2)12-13-27(22)25(23)17-28/h4-6,8-17H,3,7,18H2,1-2H3. The number of nitrogens with zero attached hydrogens (tertiary/aromatic N) is 1.